The lowest BCUT2D eigenvalue weighted by atomic mass is 9.92. The number of methoxy groups -OCH3 is 1. The Hall–Kier alpha value is -2.67. The van der Waals surface area contributed by atoms with E-state index in [4.69, 9.17) is 4.74 Å². The van der Waals surface area contributed by atoms with E-state index in [-0.39, 0.29) is 17.5 Å². The number of hydrogen-bond donors (Lipinski definition) is 1. The highest BCUT2D eigenvalue weighted by atomic mass is 16.5. The Kier molecular flexibility index (Phi) is 5.32. The summed E-state index contributed by atoms with van der Waals surface area (Å²) in [5, 5.41) is 13.4. The molecular weight excluding hydrogens is 346 g/mol. The first-order chi connectivity index (χ1) is 12.9. The van der Waals surface area contributed by atoms with Gasteiger partial charge in [-0.3, -0.25) is 9.48 Å². The van der Waals surface area contributed by atoms with Crippen molar-refractivity contribution in [2.45, 2.75) is 38.3 Å². The Morgan fingerprint density at radius 1 is 1.22 bits per heavy atom. The highest BCUT2D eigenvalue weighted by Gasteiger charge is 2.40. The highest BCUT2D eigenvalue weighted by molar-refractivity contribution is 5.88. The Labute approximate surface area is 158 Å². The van der Waals surface area contributed by atoms with Crippen molar-refractivity contribution in [1.29, 1.82) is 0 Å². The number of carbonyl (C=O) groups excluding carboxylic acids is 1. The molecule has 1 aromatic heterocycles. The summed E-state index contributed by atoms with van der Waals surface area (Å²) in [6.45, 7) is 4.73. The summed E-state index contributed by atoms with van der Waals surface area (Å²) in [4.78, 5) is 26.2. The Balaban J connectivity index is 1.72. The number of rotatable bonds is 5. The average molecular weight is 371 g/mol. The van der Waals surface area contributed by atoms with E-state index in [1.165, 1.54) is 6.20 Å². The van der Waals surface area contributed by atoms with E-state index in [9.17, 15) is 14.7 Å². The standard InChI is InChI=1S/C20H25N3O4/c1-14-17(18(24)25)13-21-23(14)16-9-11-22(12-10-16)19(26)20(2,27-3)15-7-5-4-6-8-15/h4-8,13,16H,9-12H2,1-3H3,(H,24,25). The van der Waals surface area contributed by atoms with Gasteiger partial charge in [-0.2, -0.15) is 5.10 Å². The molecule has 3 rings (SSSR count). The molecule has 1 aliphatic rings. The maximum atomic E-state index is 13.2. The number of benzene rings is 1. The molecule has 27 heavy (non-hydrogen) atoms. The van der Waals surface area contributed by atoms with Gasteiger partial charge in [0.05, 0.1) is 17.9 Å². The number of nitrogens with zero attached hydrogens (tertiary/aromatic N) is 3. The second-order valence-corrected chi connectivity index (χ2v) is 7.02. The predicted octanol–water partition coefficient (Wildman–Crippen LogP) is 2.62. The lowest BCUT2D eigenvalue weighted by Gasteiger charge is -2.38. The molecule has 1 saturated heterocycles. The number of aromatic nitrogens is 2. The summed E-state index contributed by atoms with van der Waals surface area (Å²) in [5.41, 5.74) is 0.683. The number of aromatic carboxylic acids is 1. The minimum absolute atomic E-state index is 0.0573. The first-order valence-electron chi connectivity index (χ1n) is 9.06. The number of carbonyl (C=O) groups is 2. The topological polar surface area (TPSA) is 84.7 Å². The van der Waals surface area contributed by atoms with Crippen molar-refractivity contribution in [3.05, 3.63) is 53.3 Å². The molecule has 0 aliphatic carbocycles. The van der Waals surface area contributed by atoms with Gasteiger partial charge in [0.25, 0.3) is 5.91 Å². The SMILES string of the molecule is COC(C)(C(=O)N1CCC(n2ncc(C(=O)O)c2C)CC1)c1ccccc1. The summed E-state index contributed by atoms with van der Waals surface area (Å²) in [5.74, 6) is -1.02. The zero-order chi connectivity index (χ0) is 19.6. The Morgan fingerprint density at radius 3 is 2.37 bits per heavy atom. The fourth-order valence-corrected chi connectivity index (χ4v) is 3.70. The van der Waals surface area contributed by atoms with Crippen LogP contribution < -0.4 is 0 Å². The van der Waals surface area contributed by atoms with Gasteiger partial charge < -0.3 is 14.7 Å². The molecule has 1 aliphatic heterocycles. The zero-order valence-corrected chi connectivity index (χ0v) is 15.9. The van der Waals surface area contributed by atoms with Gasteiger partial charge in [0.15, 0.2) is 5.60 Å². The molecule has 0 bridgehead atoms. The van der Waals surface area contributed by atoms with E-state index in [0.717, 1.165) is 18.4 Å². The van der Waals surface area contributed by atoms with E-state index >= 15 is 0 Å². The highest BCUT2D eigenvalue weighted by Crippen LogP contribution is 2.31. The van der Waals surface area contributed by atoms with Gasteiger partial charge in [-0.15, -0.1) is 0 Å². The molecule has 1 fully saturated rings. The molecule has 144 valence electrons. The van der Waals surface area contributed by atoms with Crippen LogP contribution in [0.1, 0.15) is 47.4 Å². The van der Waals surface area contributed by atoms with E-state index in [1.54, 1.807) is 25.6 Å². The van der Waals surface area contributed by atoms with E-state index in [1.807, 2.05) is 35.2 Å². The van der Waals surface area contributed by atoms with E-state index in [2.05, 4.69) is 5.10 Å². The number of amides is 1. The number of carboxylic acid groups (broad SMARTS) is 1. The molecule has 0 radical (unpaired) electrons. The summed E-state index contributed by atoms with van der Waals surface area (Å²) in [6.07, 6.45) is 2.84. The van der Waals surface area contributed by atoms with Crippen molar-refractivity contribution < 1.29 is 19.4 Å². The third-order valence-corrected chi connectivity index (χ3v) is 5.51. The van der Waals surface area contributed by atoms with Gasteiger partial charge in [0.1, 0.15) is 5.56 Å². The molecule has 7 nitrogen and oxygen atoms in total. The van der Waals surface area contributed by atoms with Crippen LogP contribution in [-0.4, -0.2) is 51.9 Å². The van der Waals surface area contributed by atoms with Crippen LogP contribution >= 0.6 is 0 Å². The van der Waals surface area contributed by atoms with Gasteiger partial charge in [0, 0.05) is 20.2 Å². The Bertz CT molecular complexity index is 825. The zero-order valence-electron chi connectivity index (χ0n) is 15.9. The van der Waals surface area contributed by atoms with Crippen molar-refractivity contribution in [2.24, 2.45) is 0 Å². The maximum Gasteiger partial charge on any atom is 0.339 e. The molecule has 1 amide bonds. The van der Waals surface area contributed by atoms with E-state index in [0.29, 0.717) is 18.8 Å². The van der Waals surface area contributed by atoms with Gasteiger partial charge in [-0.25, -0.2) is 4.79 Å². The molecule has 0 spiro atoms. The number of carboxylic acids is 1. The van der Waals surface area contributed by atoms with Crippen LogP contribution in [-0.2, 0) is 15.1 Å². The van der Waals surface area contributed by atoms with Crippen LogP contribution in [0.5, 0.6) is 0 Å². The number of likely N-dealkylation sites (tertiary alicyclic amines) is 1. The smallest absolute Gasteiger partial charge is 0.339 e. The molecule has 0 saturated carbocycles. The van der Waals surface area contributed by atoms with Crippen LogP contribution in [0.25, 0.3) is 0 Å². The summed E-state index contributed by atoms with van der Waals surface area (Å²) >= 11 is 0. The third kappa shape index (κ3) is 3.47. The predicted molar refractivity (Wildman–Crippen MR) is 99.6 cm³/mol. The van der Waals surface area contributed by atoms with Gasteiger partial charge in [-0.1, -0.05) is 30.3 Å². The molecule has 1 unspecified atom stereocenters. The second-order valence-electron chi connectivity index (χ2n) is 7.02. The van der Waals surface area contributed by atoms with Crippen LogP contribution in [0.3, 0.4) is 0 Å². The number of hydrogen-bond acceptors (Lipinski definition) is 4. The summed E-state index contributed by atoms with van der Waals surface area (Å²) in [7, 11) is 1.55. The van der Waals surface area contributed by atoms with E-state index < -0.39 is 11.6 Å². The molecule has 7 heteroatoms. The first-order valence-corrected chi connectivity index (χ1v) is 9.06. The van der Waals surface area contributed by atoms with Gasteiger partial charge >= 0.3 is 5.97 Å². The second kappa shape index (κ2) is 7.52. The number of ether oxygens (including phenoxy) is 1. The van der Waals surface area contributed by atoms with Gasteiger partial charge in [0.2, 0.25) is 0 Å². The summed E-state index contributed by atoms with van der Waals surface area (Å²) in [6, 6.07) is 9.59. The molecule has 1 atom stereocenters. The molecule has 2 aromatic rings. The van der Waals surface area contributed by atoms with Crippen molar-refractivity contribution in [3.8, 4) is 0 Å². The van der Waals surface area contributed by atoms with Gasteiger partial charge in [-0.05, 0) is 32.3 Å². The fourth-order valence-electron chi connectivity index (χ4n) is 3.70. The lowest BCUT2D eigenvalue weighted by Crippen LogP contribution is -2.49. The largest absolute Gasteiger partial charge is 0.478 e. The third-order valence-electron chi connectivity index (χ3n) is 5.51. The van der Waals surface area contributed by atoms with Crippen molar-refractivity contribution in [1.82, 2.24) is 14.7 Å². The molecule has 2 heterocycles. The fraction of sp³-hybridized carbons (Fsp3) is 0.450. The van der Waals surface area contributed by atoms with Crippen molar-refractivity contribution in [3.63, 3.8) is 0 Å². The van der Waals surface area contributed by atoms with Crippen molar-refractivity contribution >= 4 is 11.9 Å². The molecular formula is C20H25N3O4. The average Bonchev–Trinajstić information content (AvgIpc) is 3.09. The normalized spacial score (nSPS) is 17.5. The maximum absolute atomic E-state index is 13.2. The molecule has 1 N–H and O–H groups in total. The monoisotopic (exact) mass is 371 g/mol. The minimum Gasteiger partial charge on any atom is -0.478 e. The lowest BCUT2D eigenvalue weighted by molar-refractivity contribution is -0.155. The minimum atomic E-state index is -1.02. The van der Waals surface area contributed by atoms with Crippen LogP contribution in [0.15, 0.2) is 36.5 Å². The molecule has 1 aromatic carbocycles. The van der Waals surface area contributed by atoms with Crippen molar-refractivity contribution in [2.75, 3.05) is 20.2 Å². The first kappa shape index (κ1) is 19.1. The Morgan fingerprint density at radius 2 is 1.85 bits per heavy atom. The quantitative estimate of drug-likeness (QED) is 0.873. The van der Waals surface area contributed by atoms with Crippen LogP contribution in [0.4, 0.5) is 0 Å². The van der Waals surface area contributed by atoms with Crippen LogP contribution in [0.2, 0.25) is 0 Å². The van der Waals surface area contributed by atoms with Crippen LogP contribution in [0, 0.1) is 6.92 Å². The number of piperidine rings is 1. The summed E-state index contributed by atoms with van der Waals surface area (Å²) < 4.78 is 7.40.